The Kier molecular flexibility index (Phi) is 22.4. The molecule has 0 radical (unpaired) electrons. The van der Waals surface area contributed by atoms with Crippen molar-refractivity contribution in [2.24, 2.45) is 28.6 Å². The molecular formula is C41H69NaO8. The van der Waals surface area contributed by atoms with Crippen LogP contribution in [-0.2, 0) is 14.4 Å². The largest absolute Gasteiger partial charge is 1.00 e. The zero-order valence-corrected chi connectivity index (χ0v) is 34.0. The third-order valence-corrected chi connectivity index (χ3v) is 12.2. The molecule has 0 spiro atoms. The maximum Gasteiger partial charge on any atom is 1.00 e. The second kappa shape index (κ2) is 23.7. The molecule has 0 aliphatic heterocycles. The Morgan fingerprint density at radius 3 is 1.82 bits per heavy atom. The van der Waals surface area contributed by atoms with Crippen LogP contribution in [0.2, 0.25) is 0 Å². The molecule has 0 bridgehead atoms. The number of aliphatic carboxylic acids is 1. The van der Waals surface area contributed by atoms with Crippen molar-refractivity contribution in [2.75, 3.05) is 13.2 Å². The van der Waals surface area contributed by atoms with E-state index in [1.807, 2.05) is 13.0 Å². The van der Waals surface area contributed by atoms with E-state index in [0.717, 1.165) is 31.3 Å². The van der Waals surface area contributed by atoms with Gasteiger partial charge in [-0.2, -0.15) is 6.42 Å². The minimum absolute atomic E-state index is 0. The summed E-state index contributed by atoms with van der Waals surface area (Å²) in [4.78, 5) is 33.3. The molecule has 5 N–H and O–H groups in total. The van der Waals surface area contributed by atoms with Gasteiger partial charge in [-0.25, -0.2) is 4.79 Å². The number of aliphatic hydroxyl groups is 4. The summed E-state index contributed by atoms with van der Waals surface area (Å²) in [6.07, 6.45) is 30.5. The number of rotatable bonds is 18. The topological polar surface area (TPSA) is 152 Å². The van der Waals surface area contributed by atoms with E-state index in [1.54, 1.807) is 12.2 Å². The number of carboxylic acids is 1. The van der Waals surface area contributed by atoms with Crippen LogP contribution in [0.15, 0.2) is 23.8 Å². The molecule has 50 heavy (non-hydrogen) atoms. The first-order valence-electron chi connectivity index (χ1n) is 19.5. The minimum Gasteiger partial charge on any atom is -0.480 e. The van der Waals surface area contributed by atoms with Crippen LogP contribution in [0.1, 0.15) is 156 Å². The number of carbonyl (C=O) groups excluding carboxylic acids is 2. The van der Waals surface area contributed by atoms with Crippen molar-refractivity contribution in [3.63, 3.8) is 0 Å². The van der Waals surface area contributed by atoms with Crippen LogP contribution in [0.4, 0.5) is 0 Å². The number of aliphatic hydroxyl groups excluding tert-OH is 3. The Bertz CT molecular complexity index is 1070. The van der Waals surface area contributed by atoms with Gasteiger partial charge in [0, 0.05) is 16.7 Å². The van der Waals surface area contributed by atoms with Gasteiger partial charge in [-0.05, 0) is 56.1 Å². The number of fused-ring (bicyclic) bond motifs is 5. The van der Waals surface area contributed by atoms with Gasteiger partial charge in [0.05, 0.1) is 6.10 Å². The van der Waals surface area contributed by atoms with E-state index in [0.29, 0.717) is 12.8 Å². The first kappa shape index (κ1) is 47.2. The number of Topliss-reactive ketones (excluding diaryl/α,β-unsaturated/α-hetero) is 1. The molecular weight excluding hydrogens is 643 g/mol. The van der Waals surface area contributed by atoms with E-state index in [4.69, 9.17) is 15.0 Å². The van der Waals surface area contributed by atoms with Crippen molar-refractivity contribution < 1.29 is 69.5 Å². The van der Waals surface area contributed by atoms with E-state index in [-0.39, 0.29) is 58.5 Å². The molecule has 0 heterocycles. The maximum absolute atomic E-state index is 12.4. The molecule has 0 aromatic rings. The molecule has 3 fully saturated rings. The second-order valence-corrected chi connectivity index (χ2v) is 15.5. The molecule has 0 aromatic heterocycles. The van der Waals surface area contributed by atoms with Crippen LogP contribution in [0.3, 0.4) is 0 Å². The Hall–Kier alpha value is -0.870. The molecule has 4 rings (SSSR count). The zero-order chi connectivity index (χ0) is 36.5. The van der Waals surface area contributed by atoms with Crippen molar-refractivity contribution in [3.8, 4) is 0 Å². The molecule has 0 unspecified atom stereocenters. The summed E-state index contributed by atoms with van der Waals surface area (Å²) in [6, 6.07) is 0. The third kappa shape index (κ3) is 12.6. The molecule has 282 valence electrons. The molecule has 0 saturated heterocycles. The third-order valence-electron chi connectivity index (χ3n) is 12.2. The Labute approximate surface area is 325 Å². The molecule has 4 aliphatic carbocycles. The fraction of sp³-hybridized carbons (Fsp3) is 0.805. The molecule has 7 atom stereocenters. The van der Waals surface area contributed by atoms with E-state index in [9.17, 15) is 24.9 Å². The summed E-state index contributed by atoms with van der Waals surface area (Å²) in [6.45, 7) is 8.74. The maximum atomic E-state index is 12.4. The van der Waals surface area contributed by atoms with Crippen molar-refractivity contribution in [1.29, 1.82) is 0 Å². The van der Waals surface area contributed by atoms with Crippen LogP contribution >= 0.6 is 0 Å². The van der Waals surface area contributed by atoms with E-state index in [1.165, 1.54) is 96.3 Å². The van der Waals surface area contributed by atoms with E-state index >= 15 is 0 Å². The van der Waals surface area contributed by atoms with Crippen molar-refractivity contribution in [2.45, 2.75) is 167 Å². The average Bonchev–Trinajstić information content (AvgIpc) is 3.35. The van der Waals surface area contributed by atoms with Gasteiger partial charge < -0.3 is 32.5 Å². The van der Waals surface area contributed by atoms with Gasteiger partial charge >= 0.3 is 35.5 Å². The normalized spacial score (nSPS) is 30.6. The monoisotopic (exact) mass is 712 g/mol. The predicted molar refractivity (Wildman–Crippen MR) is 195 cm³/mol. The summed E-state index contributed by atoms with van der Waals surface area (Å²) >= 11 is 0. The number of allylic oxidation sites excluding steroid dienone is 4. The van der Waals surface area contributed by atoms with Crippen LogP contribution in [0.5, 0.6) is 0 Å². The zero-order valence-electron chi connectivity index (χ0n) is 32.0. The number of hydrogen-bond donors (Lipinski definition) is 5. The van der Waals surface area contributed by atoms with Crippen LogP contribution < -0.4 is 29.6 Å². The van der Waals surface area contributed by atoms with E-state index < -0.39 is 42.1 Å². The second-order valence-electron chi connectivity index (χ2n) is 15.5. The van der Waals surface area contributed by atoms with Gasteiger partial charge in [0.1, 0.15) is 18.8 Å². The van der Waals surface area contributed by atoms with Crippen LogP contribution in [0, 0.1) is 35.5 Å². The van der Waals surface area contributed by atoms with Gasteiger partial charge in [-0.1, -0.05) is 129 Å². The summed E-state index contributed by atoms with van der Waals surface area (Å²) in [5.41, 5.74) is -1.54. The van der Waals surface area contributed by atoms with Gasteiger partial charge in [-0.15, -0.1) is 0 Å². The fourth-order valence-corrected chi connectivity index (χ4v) is 9.47. The van der Waals surface area contributed by atoms with Crippen molar-refractivity contribution in [3.05, 3.63) is 30.7 Å². The number of unbranched alkanes of at least 4 members (excludes halogenated alkanes) is 15. The fourth-order valence-electron chi connectivity index (χ4n) is 9.47. The Balaban J connectivity index is 0.000000457. The van der Waals surface area contributed by atoms with Gasteiger partial charge in [-0.3, -0.25) is 9.59 Å². The number of carbonyl (C=O) groups is 3. The van der Waals surface area contributed by atoms with Gasteiger partial charge in [0.25, 0.3) is 0 Å². The summed E-state index contributed by atoms with van der Waals surface area (Å²) in [7, 11) is 0. The van der Waals surface area contributed by atoms with Crippen LogP contribution in [-0.4, -0.2) is 68.0 Å². The Morgan fingerprint density at radius 1 is 0.860 bits per heavy atom. The van der Waals surface area contributed by atoms with Crippen molar-refractivity contribution in [1.82, 2.24) is 0 Å². The first-order chi connectivity index (χ1) is 23.4. The van der Waals surface area contributed by atoms with Crippen molar-refractivity contribution >= 4 is 17.5 Å². The van der Waals surface area contributed by atoms with E-state index in [2.05, 4.69) is 20.8 Å². The molecule has 0 amide bonds. The summed E-state index contributed by atoms with van der Waals surface area (Å²) in [5, 5.41) is 46.7. The number of ketones is 2. The minimum atomic E-state index is -1.56. The van der Waals surface area contributed by atoms with Gasteiger partial charge in [0.15, 0.2) is 11.6 Å². The smallest absolute Gasteiger partial charge is 0.480 e. The van der Waals surface area contributed by atoms with Gasteiger partial charge in [0.2, 0.25) is 0 Å². The summed E-state index contributed by atoms with van der Waals surface area (Å²) < 4.78 is 0. The molecule has 4 aliphatic rings. The number of carboxylic acid groups (broad SMARTS) is 1. The Morgan fingerprint density at radius 2 is 1.36 bits per heavy atom. The van der Waals surface area contributed by atoms with Crippen LogP contribution in [0.25, 0.3) is 0 Å². The molecule has 9 heteroatoms. The molecule has 0 aromatic carbocycles. The SMILES string of the molecule is C[C@]12C=CC(=O)C=C1CC[C@@H]1[C@@H]2[C@@H](O)C[C@@]2(C)[C@H]1CC[C@]2(O)C(=O)CO.O=C(O)CO.[CH2-]CCCCCCCCCCCCCCCCC.[Na+]. The predicted octanol–water partition coefficient (Wildman–Crippen LogP) is 4.71. The summed E-state index contributed by atoms with van der Waals surface area (Å²) in [5.74, 6) is -1.42. The standard InChI is InChI=1S/C21H28O5.C18H37.C2H4O3.Na/c1-19-7-5-13(23)9-12(19)3-4-14-15-6-8-21(26,17(25)11-22)20(15,2)10-16(24)18(14)19;1-3-5-7-9-11-13-15-17-18-16-14-12-10-8-6-4-2;3-1-2(4)5;/h5,7,9,14-16,18,22,24,26H,3-4,6,8,10-11H2,1-2H3;1,3-18H2,2H3;3H,1H2,(H,4,5);/q;-1;;+1/t14-,15-,16-,18+,19-,20-,21-;;;/m0.../s1. The molecule has 3 saturated carbocycles. The number of hydrogen-bond acceptors (Lipinski definition) is 7. The average molecular weight is 713 g/mol. The first-order valence-corrected chi connectivity index (χ1v) is 19.5. The quantitative estimate of drug-likeness (QED) is 0.0779. The molecule has 8 nitrogen and oxygen atoms in total.